The van der Waals surface area contributed by atoms with Crippen LogP contribution in [-0.4, -0.2) is 15.0 Å². The fraction of sp³-hybridized carbons (Fsp3) is 0.462. The van der Waals surface area contributed by atoms with Crippen LogP contribution in [0.2, 0.25) is 0 Å². The Morgan fingerprint density at radius 3 is 2.44 bits per heavy atom. The smallest absolute Gasteiger partial charge is 0.224 e. The van der Waals surface area contributed by atoms with Crippen molar-refractivity contribution in [1.82, 2.24) is 15.0 Å². The van der Waals surface area contributed by atoms with E-state index in [4.69, 9.17) is 11.5 Å². The van der Waals surface area contributed by atoms with Gasteiger partial charge in [-0.3, -0.25) is 0 Å². The van der Waals surface area contributed by atoms with Gasteiger partial charge >= 0.3 is 0 Å². The molecule has 0 bridgehead atoms. The lowest BCUT2D eigenvalue weighted by Gasteiger charge is -2.20. The maximum Gasteiger partial charge on any atom is 0.224 e. The molecule has 0 saturated heterocycles. The van der Waals surface area contributed by atoms with Crippen LogP contribution in [-0.2, 0) is 19.3 Å². The molecule has 0 spiro atoms. The molecule has 0 amide bonds. The Kier molecular flexibility index (Phi) is 2.54. The molecule has 0 aromatic carbocycles. The standard InChI is InChI=1S/C13H17N5/c1-2-9-7-5-3-4-6-8(7)10-11(14)17-13(15)18-12(10)16-9/h2-6H2,1H3,(H4,14,15,16,17,18). The minimum absolute atomic E-state index is 0.199. The van der Waals surface area contributed by atoms with E-state index in [1.807, 2.05) is 0 Å². The van der Waals surface area contributed by atoms with E-state index in [2.05, 4.69) is 21.9 Å². The maximum absolute atomic E-state index is 6.00. The Bertz CT molecular complexity index is 621. The van der Waals surface area contributed by atoms with Crippen molar-refractivity contribution < 1.29 is 0 Å². The summed E-state index contributed by atoms with van der Waals surface area (Å²) in [5.74, 6) is 0.663. The molecule has 0 saturated carbocycles. The molecule has 18 heavy (non-hydrogen) atoms. The molecule has 0 fully saturated rings. The minimum atomic E-state index is 0.199. The predicted octanol–water partition coefficient (Wildman–Crippen LogP) is 1.63. The Morgan fingerprint density at radius 1 is 1.00 bits per heavy atom. The fourth-order valence-corrected chi connectivity index (χ4v) is 2.84. The van der Waals surface area contributed by atoms with Crippen LogP contribution < -0.4 is 11.5 Å². The number of nitrogen functional groups attached to an aromatic ring is 2. The zero-order valence-electron chi connectivity index (χ0n) is 10.5. The topological polar surface area (TPSA) is 90.7 Å². The van der Waals surface area contributed by atoms with Crippen molar-refractivity contribution in [1.29, 1.82) is 0 Å². The monoisotopic (exact) mass is 243 g/mol. The van der Waals surface area contributed by atoms with Gasteiger partial charge in [-0.25, -0.2) is 4.98 Å². The van der Waals surface area contributed by atoms with Crippen molar-refractivity contribution >= 4 is 22.8 Å². The highest BCUT2D eigenvalue weighted by Gasteiger charge is 2.20. The van der Waals surface area contributed by atoms with E-state index in [9.17, 15) is 0 Å². The van der Waals surface area contributed by atoms with E-state index in [0.717, 1.165) is 30.3 Å². The van der Waals surface area contributed by atoms with Crippen LogP contribution in [0.5, 0.6) is 0 Å². The lowest BCUT2D eigenvalue weighted by atomic mass is 9.88. The first-order chi connectivity index (χ1) is 8.70. The van der Waals surface area contributed by atoms with Gasteiger partial charge in [0.15, 0.2) is 5.65 Å². The fourth-order valence-electron chi connectivity index (χ4n) is 2.84. The van der Waals surface area contributed by atoms with Gasteiger partial charge in [0.05, 0.1) is 5.39 Å². The average Bonchev–Trinajstić information content (AvgIpc) is 2.36. The van der Waals surface area contributed by atoms with Gasteiger partial charge in [0.25, 0.3) is 0 Å². The molecule has 1 aliphatic carbocycles. The third-order valence-corrected chi connectivity index (χ3v) is 3.63. The number of aromatic nitrogens is 3. The molecule has 0 radical (unpaired) electrons. The zero-order chi connectivity index (χ0) is 12.7. The molecule has 94 valence electrons. The van der Waals surface area contributed by atoms with E-state index >= 15 is 0 Å². The van der Waals surface area contributed by atoms with Crippen molar-refractivity contribution in [3.8, 4) is 0 Å². The van der Waals surface area contributed by atoms with Crippen molar-refractivity contribution in [2.75, 3.05) is 11.5 Å². The Morgan fingerprint density at radius 2 is 1.72 bits per heavy atom. The first-order valence-electron chi connectivity index (χ1n) is 6.44. The van der Waals surface area contributed by atoms with Crippen molar-refractivity contribution in [3.05, 3.63) is 16.8 Å². The quantitative estimate of drug-likeness (QED) is 0.794. The molecular weight excluding hydrogens is 226 g/mol. The van der Waals surface area contributed by atoms with Crippen LogP contribution >= 0.6 is 0 Å². The van der Waals surface area contributed by atoms with Crippen LogP contribution in [0.1, 0.15) is 36.6 Å². The molecule has 1 aliphatic rings. The normalized spacial score (nSPS) is 14.7. The lowest BCUT2D eigenvalue weighted by Crippen LogP contribution is -2.12. The summed E-state index contributed by atoms with van der Waals surface area (Å²) in [5, 5.41) is 0.913. The maximum atomic E-state index is 6.00. The van der Waals surface area contributed by atoms with Gasteiger partial charge in [0.2, 0.25) is 5.95 Å². The largest absolute Gasteiger partial charge is 0.383 e. The highest BCUT2D eigenvalue weighted by atomic mass is 15.1. The van der Waals surface area contributed by atoms with Gasteiger partial charge in [0.1, 0.15) is 5.82 Å². The average molecular weight is 243 g/mol. The first kappa shape index (κ1) is 11.2. The molecule has 3 rings (SSSR count). The van der Waals surface area contributed by atoms with Gasteiger partial charge in [-0.1, -0.05) is 6.92 Å². The SMILES string of the molecule is CCc1nc2nc(N)nc(N)c2c2c1CCCC2. The number of fused-ring (bicyclic) bond motifs is 3. The Hall–Kier alpha value is -1.91. The van der Waals surface area contributed by atoms with Gasteiger partial charge in [-0.05, 0) is 43.2 Å². The van der Waals surface area contributed by atoms with E-state index in [0.29, 0.717) is 11.5 Å². The molecule has 2 aromatic heterocycles. The van der Waals surface area contributed by atoms with Crippen LogP contribution in [0.25, 0.3) is 11.0 Å². The van der Waals surface area contributed by atoms with E-state index in [1.54, 1.807) is 0 Å². The molecule has 4 N–H and O–H groups in total. The molecule has 5 heteroatoms. The summed E-state index contributed by atoms with van der Waals surface area (Å²) in [6.45, 7) is 2.12. The summed E-state index contributed by atoms with van der Waals surface area (Å²) in [7, 11) is 0. The number of nitrogens with zero attached hydrogens (tertiary/aromatic N) is 3. The summed E-state index contributed by atoms with van der Waals surface area (Å²) in [6, 6.07) is 0. The lowest BCUT2D eigenvalue weighted by molar-refractivity contribution is 0.678. The van der Waals surface area contributed by atoms with Crippen LogP contribution in [0.4, 0.5) is 11.8 Å². The highest BCUT2D eigenvalue weighted by molar-refractivity contribution is 5.90. The number of anilines is 2. The van der Waals surface area contributed by atoms with Gasteiger partial charge in [-0.15, -0.1) is 0 Å². The number of hydrogen-bond acceptors (Lipinski definition) is 5. The highest BCUT2D eigenvalue weighted by Crippen LogP contribution is 2.32. The van der Waals surface area contributed by atoms with Crippen LogP contribution in [0, 0.1) is 0 Å². The second-order valence-corrected chi connectivity index (χ2v) is 4.74. The van der Waals surface area contributed by atoms with Gasteiger partial charge in [-0.2, -0.15) is 9.97 Å². The van der Waals surface area contributed by atoms with Gasteiger partial charge in [0, 0.05) is 5.69 Å². The van der Waals surface area contributed by atoms with Gasteiger partial charge < -0.3 is 11.5 Å². The summed E-state index contributed by atoms with van der Waals surface area (Å²) in [5.41, 5.74) is 16.1. The third-order valence-electron chi connectivity index (χ3n) is 3.63. The summed E-state index contributed by atoms with van der Waals surface area (Å²) in [4.78, 5) is 12.9. The van der Waals surface area contributed by atoms with E-state index in [1.165, 1.54) is 24.0 Å². The van der Waals surface area contributed by atoms with Crippen molar-refractivity contribution in [2.24, 2.45) is 0 Å². The molecule has 0 atom stereocenters. The zero-order valence-corrected chi connectivity index (χ0v) is 10.5. The van der Waals surface area contributed by atoms with E-state index < -0.39 is 0 Å². The third kappa shape index (κ3) is 1.58. The van der Waals surface area contributed by atoms with Crippen molar-refractivity contribution in [2.45, 2.75) is 39.0 Å². The number of hydrogen-bond donors (Lipinski definition) is 2. The van der Waals surface area contributed by atoms with E-state index in [-0.39, 0.29) is 5.95 Å². The Balaban J connectivity index is 2.41. The number of aryl methyl sites for hydroxylation is 2. The van der Waals surface area contributed by atoms with Crippen LogP contribution in [0.15, 0.2) is 0 Å². The Labute approximate surface area is 106 Å². The predicted molar refractivity (Wildman–Crippen MR) is 72.2 cm³/mol. The molecular formula is C13H17N5. The second kappa shape index (κ2) is 4.08. The molecule has 2 aromatic rings. The summed E-state index contributed by atoms with van der Waals surface area (Å²) >= 11 is 0. The molecule has 0 unspecified atom stereocenters. The van der Waals surface area contributed by atoms with Crippen molar-refractivity contribution in [3.63, 3.8) is 0 Å². The molecule has 0 aliphatic heterocycles. The molecule has 5 nitrogen and oxygen atoms in total. The number of rotatable bonds is 1. The summed E-state index contributed by atoms with van der Waals surface area (Å²) < 4.78 is 0. The van der Waals surface area contributed by atoms with Crippen LogP contribution in [0.3, 0.4) is 0 Å². The number of pyridine rings is 1. The minimum Gasteiger partial charge on any atom is -0.383 e. The second-order valence-electron chi connectivity index (χ2n) is 4.74. The first-order valence-corrected chi connectivity index (χ1v) is 6.44. The summed E-state index contributed by atoms with van der Waals surface area (Å²) in [6.07, 6.45) is 5.47. The number of nitrogens with two attached hydrogens (primary N) is 2. The molecule has 2 heterocycles.